The normalized spacial score (nSPS) is 20.4. The van der Waals surface area contributed by atoms with Crippen LogP contribution in [0.2, 0.25) is 0 Å². The number of rotatable bonds is 4. The van der Waals surface area contributed by atoms with Crippen molar-refractivity contribution in [3.05, 3.63) is 54.1 Å². The van der Waals surface area contributed by atoms with Crippen LogP contribution in [0.4, 0.5) is 0 Å². The van der Waals surface area contributed by atoms with Gasteiger partial charge in [-0.2, -0.15) is 5.26 Å². The summed E-state index contributed by atoms with van der Waals surface area (Å²) >= 11 is 0. The highest BCUT2D eigenvalue weighted by atomic mass is 32.2. The topological polar surface area (TPSA) is 117 Å². The lowest BCUT2D eigenvalue weighted by atomic mass is 9.92. The fourth-order valence-corrected chi connectivity index (χ4v) is 6.73. The lowest BCUT2D eigenvalue weighted by Gasteiger charge is -2.36. The minimum Gasteiger partial charge on any atom is -0.385 e. The van der Waals surface area contributed by atoms with Crippen LogP contribution in [0.3, 0.4) is 0 Å². The first-order valence-electron chi connectivity index (χ1n) is 11.8. The third kappa shape index (κ3) is 3.26. The van der Waals surface area contributed by atoms with E-state index in [0.29, 0.717) is 22.4 Å². The highest BCUT2D eigenvalue weighted by Gasteiger charge is 2.55. The smallest absolute Gasteiger partial charge is 0.269 e. The highest BCUT2D eigenvalue weighted by molar-refractivity contribution is 7.90. The van der Waals surface area contributed by atoms with Gasteiger partial charge in [-0.1, -0.05) is 17.7 Å². The van der Waals surface area contributed by atoms with E-state index in [0.717, 1.165) is 43.4 Å². The molecule has 4 aromatic rings. The van der Waals surface area contributed by atoms with Crippen molar-refractivity contribution in [2.45, 2.75) is 44.1 Å². The molecule has 10 heteroatoms. The summed E-state index contributed by atoms with van der Waals surface area (Å²) in [7, 11) is -3.84. The molecule has 1 aromatic carbocycles. The molecule has 1 aliphatic carbocycles. The molecule has 2 fully saturated rings. The van der Waals surface area contributed by atoms with Gasteiger partial charge >= 0.3 is 0 Å². The Labute approximate surface area is 203 Å². The van der Waals surface area contributed by atoms with Crippen molar-refractivity contribution in [2.75, 3.05) is 18.1 Å². The molecule has 0 bridgehead atoms. The molecule has 0 amide bonds. The van der Waals surface area contributed by atoms with Gasteiger partial charge < -0.3 is 10.1 Å². The number of aromatic nitrogens is 4. The van der Waals surface area contributed by atoms with E-state index in [1.54, 1.807) is 43.5 Å². The second kappa shape index (κ2) is 7.54. The Bertz CT molecular complexity index is 1600. The van der Waals surface area contributed by atoms with Crippen LogP contribution in [0.25, 0.3) is 22.1 Å². The molecule has 4 heterocycles. The number of aliphatic hydroxyl groups excluding tert-OH is 1. The molecule has 2 atom stereocenters. The Morgan fingerprint density at radius 1 is 1.20 bits per heavy atom. The quantitative estimate of drug-likeness (QED) is 0.467. The molecule has 1 aliphatic heterocycles. The number of benzene rings is 1. The van der Waals surface area contributed by atoms with Crippen molar-refractivity contribution in [2.24, 2.45) is 11.3 Å². The SMILES string of the molecule is Cc1ccc(S(=O)(=O)n2ccc3c2ncc2nc(C(C)O)n(N4CCC5(CC4)CC5C#N)c23)cc1. The number of aryl methyl sites for hydroxylation is 1. The van der Waals surface area contributed by atoms with Crippen molar-refractivity contribution in [1.29, 1.82) is 5.26 Å². The van der Waals surface area contributed by atoms with Crippen molar-refractivity contribution < 1.29 is 13.5 Å². The van der Waals surface area contributed by atoms with Crippen molar-refractivity contribution >= 4 is 32.1 Å². The Morgan fingerprint density at radius 3 is 2.54 bits per heavy atom. The lowest BCUT2D eigenvalue weighted by molar-refractivity contribution is 0.181. The Hall–Kier alpha value is -3.42. The molecule has 1 saturated carbocycles. The van der Waals surface area contributed by atoms with E-state index in [4.69, 9.17) is 0 Å². The molecule has 6 rings (SSSR count). The number of hydrogen-bond donors (Lipinski definition) is 1. The number of hydrogen-bond acceptors (Lipinski definition) is 7. The van der Waals surface area contributed by atoms with Crippen LogP contribution in [0.15, 0.2) is 47.6 Å². The molecule has 35 heavy (non-hydrogen) atoms. The van der Waals surface area contributed by atoms with Gasteiger partial charge in [0.25, 0.3) is 10.0 Å². The first-order valence-corrected chi connectivity index (χ1v) is 13.2. The van der Waals surface area contributed by atoms with Crippen LogP contribution < -0.4 is 5.01 Å². The van der Waals surface area contributed by atoms with Gasteiger partial charge in [0.1, 0.15) is 17.1 Å². The van der Waals surface area contributed by atoms with Crippen molar-refractivity contribution in [3.63, 3.8) is 0 Å². The number of pyridine rings is 1. The number of aliphatic hydroxyl groups is 1. The predicted molar refractivity (Wildman–Crippen MR) is 131 cm³/mol. The van der Waals surface area contributed by atoms with E-state index in [2.05, 4.69) is 21.0 Å². The van der Waals surface area contributed by atoms with Crippen molar-refractivity contribution in [1.82, 2.24) is 18.6 Å². The maximum absolute atomic E-state index is 13.4. The van der Waals surface area contributed by atoms with Crippen molar-refractivity contribution in [3.8, 4) is 6.07 Å². The molecule has 9 nitrogen and oxygen atoms in total. The van der Waals surface area contributed by atoms with Gasteiger partial charge in [0.05, 0.1) is 23.1 Å². The third-order valence-corrected chi connectivity index (χ3v) is 9.29. The molecule has 2 unspecified atom stereocenters. The van der Waals surface area contributed by atoms with Gasteiger partial charge in [0.15, 0.2) is 11.5 Å². The summed E-state index contributed by atoms with van der Waals surface area (Å²) in [6, 6.07) is 10.9. The maximum Gasteiger partial charge on any atom is 0.269 e. The van der Waals surface area contributed by atoms with E-state index in [9.17, 15) is 18.8 Å². The summed E-state index contributed by atoms with van der Waals surface area (Å²) in [6.07, 6.45) is 5.04. The average Bonchev–Trinajstić information content (AvgIpc) is 3.17. The minimum absolute atomic E-state index is 0.120. The highest BCUT2D eigenvalue weighted by Crippen LogP contribution is 2.58. The fraction of sp³-hybridized carbons (Fsp3) is 0.400. The summed E-state index contributed by atoms with van der Waals surface area (Å²) in [4.78, 5) is 9.31. The summed E-state index contributed by atoms with van der Waals surface area (Å²) in [5, 5.41) is 22.7. The van der Waals surface area contributed by atoms with Crippen LogP contribution in [0, 0.1) is 29.6 Å². The Morgan fingerprint density at radius 2 is 1.91 bits per heavy atom. The summed E-state index contributed by atoms with van der Waals surface area (Å²) in [6.45, 7) is 5.05. The number of fused-ring (bicyclic) bond motifs is 3. The van der Waals surface area contributed by atoms with Crippen LogP contribution in [0.1, 0.15) is 43.7 Å². The molecular formula is C25H26N6O3S. The maximum atomic E-state index is 13.4. The van der Waals surface area contributed by atoms with Gasteiger partial charge in [-0.3, -0.25) is 0 Å². The van der Waals surface area contributed by atoms with Gasteiger partial charge in [0.2, 0.25) is 0 Å². The first kappa shape index (κ1) is 22.1. The van der Waals surface area contributed by atoms with Crippen LogP contribution in [-0.2, 0) is 10.0 Å². The van der Waals surface area contributed by atoms with E-state index < -0.39 is 16.1 Å². The largest absolute Gasteiger partial charge is 0.385 e. The van der Waals surface area contributed by atoms with Gasteiger partial charge in [-0.25, -0.2) is 27.0 Å². The van der Waals surface area contributed by atoms with Gasteiger partial charge in [0, 0.05) is 24.7 Å². The van der Waals surface area contributed by atoms with Gasteiger partial charge in [-0.05, 0) is 56.7 Å². The van der Waals surface area contributed by atoms with E-state index >= 15 is 0 Å². The molecule has 0 radical (unpaired) electrons. The second-order valence-electron chi connectivity index (χ2n) is 9.82. The summed E-state index contributed by atoms with van der Waals surface area (Å²) in [5.41, 5.74) is 2.74. The molecule has 3 aromatic heterocycles. The lowest BCUT2D eigenvalue weighted by Crippen LogP contribution is -2.43. The molecule has 1 spiro atoms. The average molecular weight is 491 g/mol. The van der Waals surface area contributed by atoms with Crippen LogP contribution in [-0.4, -0.2) is 45.2 Å². The number of imidazole rings is 1. The molecule has 2 aliphatic rings. The number of piperidine rings is 1. The number of nitrogens with zero attached hydrogens (tertiary/aromatic N) is 6. The van der Waals surface area contributed by atoms with E-state index in [1.165, 1.54) is 10.2 Å². The molecule has 180 valence electrons. The molecule has 1 N–H and O–H groups in total. The standard InChI is InChI=1S/C25H26N6O3S/c1-16-3-5-19(6-4-16)35(33,34)30-10-7-20-22-21(15-27-24(20)30)28-23(17(2)32)31(22)29-11-8-25(9-12-29)13-18(25)14-26/h3-7,10,15,17-18,32H,8-9,11-13H2,1-2H3. The monoisotopic (exact) mass is 490 g/mol. The Kier molecular flexibility index (Phi) is 4.75. The molecular weight excluding hydrogens is 464 g/mol. The Balaban J connectivity index is 1.48. The minimum atomic E-state index is -3.84. The second-order valence-corrected chi connectivity index (χ2v) is 11.6. The third-order valence-electron chi connectivity index (χ3n) is 7.61. The van der Waals surface area contributed by atoms with Crippen LogP contribution >= 0.6 is 0 Å². The zero-order chi connectivity index (χ0) is 24.5. The summed E-state index contributed by atoms with van der Waals surface area (Å²) in [5.74, 6) is 0.629. The van der Waals surface area contributed by atoms with E-state index in [1.807, 2.05) is 11.6 Å². The predicted octanol–water partition coefficient (Wildman–Crippen LogP) is 3.25. The van der Waals surface area contributed by atoms with E-state index in [-0.39, 0.29) is 16.2 Å². The number of nitriles is 1. The zero-order valence-electron chi connectivity index (χ0n) is 19.6. The fourth-order valence-electron chi connectivity index (χ4n) is 5.43. The van der Waals surface area contributed by atoms with Crippen LogP contribution in [0.5, 0.6) is 0 Å². The zero-order valence-corrected chi connectivity index (χ0v) is 20.4. The molecule has 1 saturated heterocycles. The summed E-state index contributed by atoms with van der Waals surface area (Å²) < 4.78 is 30.0. The first-order chi connectivity index (χ1) is 16.7. The van der Waals surface area contributed by atoms with Gasteiger partial charge in [-0.15, -0.1) is 0 Å².